The average Bonchev–Trinajstić information content (AvgIpc) is 2.65. The van der Waals surface area contributed by atoms with Gasteiger partial charge in [0.1, 0.15) is 11.5 Å². The maximum Gasteiger partial charge on any atom is 0.338 e. The number of amides is 1. The number of hydrogen-bond acceptors (Lipinski definition) is 6. The van der Waals surface area contributed by atoms with Crippen molar-refractivity contribution < 1.29 is 24.2 Å². The summed E-state index contributed by atoms with van der Waals surface area (Å²) in [6.07, 6.45) is 0. The van der Waals surface area contributed by atoms with Gasteiger partial charge >= 0.3 is 5.97 Å². The van der Waals surface area contributed by atoms with Gasteiger partial charge in [0.05, 0.1) is 17.9 Å². The average molecular weight is 356 g/mol. The molecule has 0 aliphatic carbocycles. The Kier molecular flexibility index (Phi) is 6.73. The summed E-state index contributed by atoms with van der Waals surface area (Å²) in [5.74, 6) is -0.214. The van der Waals surface area contributed by atoms with E-state index in [-0.39, 0.29) is 12.4 Å². The van der Waals surface area contributed by atoms with E-state index in [9.17, 15) is 14.7 Å². The summed E-state index contributed by atoms with van der Waals surface area (Å²) in [4.78, 5) is 23.4. The van der Waals surface area contributed by atoms with Crippen molar-refractivity contribution in [3.63, 3.8) is 0 Å². The van der Waals surface area contributed by atoms with Crippen LogP contribution in [0.1, 0.15) is 29.8 Å². The van der Waals surface area contributed by atoms with Gasteiger partial charge in [-0.1, -0.05) is 0 Å². The molecule has 0 fully saturated rings. The smallest absolute Gasteiger partial charge is 0.338 e. The van der Waals surface area contributed by atoms with Gasteiger partial charge in [-0.15, -0.1) is 0 Å². The Bertz CT molecular complexity index is 783. The number of hydrogen-bond donors (Lipinski definition) is 2. The number of nitrogens with zero attached hydrogens (tertiary/aromatic N) is 1. The molecule has 7 heteroatoms. The van der Waals surface area contributed by atoms with Crippen LogP contribution >= 0.6 is 0 Å². The number of rotatable bonds is 7. The molecule has 0 bridgehead atoms. The molecule has 136 valence electrons. The molecule has 2 rings (SSSR count). The van der Waals surface area contributed by atoms with Crippen LogP contribution in [0.15, 0.2) is 53.6 Å². The lowest BCUT2D eigenvalue weighted by Gasteiger charge is -2.07. The van der Waals surface area contributed by atoms with Crippen LogP contribution in [0.25, 0.3) is 0 Å². The number of nitrogens with one attached hydrogen (secondary N) is 1. The molecule has 0 saturated carbocycles. The van der Waals surface area contributed by atoms with E-state index in [1.165, 1.54) is 0 Å². The van der Waals surface area contributed by atoms with E-state index in [0.29, 0.717) is 23.6 Å². The van der Waals surface area contributed by atoms with Crippen molar-refractivity contribution in [1.29, 1.82) is 0 Å². The predicted molar refractivity (Wildman–Crippen MR) is 96.4 cm³/mol. The van der Waals surface area contributed by atoms with Crippen molar-refractivity contribution in [3.05, 3.63) is 59.7 Å². The lowest BCUT2D eigenvalue weighted by Crippen LogP contribution is -2.25. The quantitative estimate of drug-likeness (QED) is 0.451. The van der Waals surface area contributed by atoms with Crippen LogP contribution in [0.4, 0.5) is 0 Å². The van der Waals surface area contributed by atoms with Gasteiger partial charge in [0.15, 0.2) is 6.61 Å². The number of hydrazone groups is 1. The molecule has 7 nitrogen and oxygen atoms in total. The highest BCUT2D eigenvalue weighted by molar-refractivity contribution is 5.99. The summed E-state index contributed by atoms with van der Waals surface area (Å²) in [6.45, 7) is 3.56. The van der Waals surface area contributed by atoms with Crippen LogP contribution in [0.3, 0.4) is 0 Å². The van der Waals surface area contributed by atoms with Crippen LogP contribution in [0.2, 0.25) is 0 Å². The number of phenolic OH excluding ortho intramolecular Hbond substituents is 1. The molecule has 2 N–H and O–H groups in total. The van der Waals surface area contributed by atoms with Crippen molar-refractivity contribution in [2.24, 2.45) is 5.10 Å². The molecule has 0 unspecified atom stereocenters. The number of phenols is 1. The monoisotopic (exact) mass is 356 g/mol. The highest BCUT2D eigenvalue weighted by Crippen LogP contribution is 2.13. The molecular formula is C19H20N2O5. The summed E-state index contributed by atoms with van der Waals surface area (Å²) in [7, 11) is 0. The van der Waals surface area contributed by atoms with Crippen LogP contribution in [-0.2, 0) is 9.53 Å². The fourth-order valence-electron chi connectivity index (χ4n) is 2.00. The SMILES string of the molecule is CCOC(=O)c1ccc(OCC(=O)N/N=C(\C)c2ccc(O)cc2)cc1. The summed E-state index contributed by atoms with van der Waals surface area (Å²) in [6, 6.07) is 12.8. The van der Waals surface area contributed by atoms with Gasteiger partial charge < -0.3 is 14.6 Å². The predicted octanol–water partition coefficient (Wildman–Crippen LogP) is 2.49. The van der Waals surface area contributed by atoms with Crippen molar-refractivity contribution in [1.82, 2.24) is 5.43 Å². The zero-order chi connectivity index (χ0) is 18.9. The number of carbonyl (C=O) groups excluding carboxylic acids is 2. The Balaban J connectivity index is 1.83. The molecule has 0 aromatic heterocycles. The van der Waals surface area contributed by atoms with Crippen LogP contribution in [0, 0.1) is 0 Å². The zero-order valence-corrected chi connectivity index (χ0v) is 14.6. The molecule has 1 amide bonds. The maximum absolute atomic E-state index is 11.8. The lowest BCUT2D eigenvalue weighted by atomic mass is 10.1. The number of benzene rings is 2. The largest absolute Gasteiger partial charge is 0.508 e. The highest BCUT2D eigenvalue weighted by atomic mass is 16.5. The van der Waals surface area contributed by atoms with E-state index in [4.69, 9.17) is 9.47 Å². The Hall–Kier alpha value is -3.35. The van der Waals surface area contributed by atoms with Crippen molar-refractivity contribution in [2.45, 2.75) is 13.8 Å². The van der Waals surface area contributed by atoms with Crippen LogP contribution < -0.4 is 10.2 Å². The third-order valence-electron chi connectivity index (χ3n) is 3.37. The topological polar surface area (TPSA) is 97.2 Å². The molecule has 26 heavy (non-hydrogen) atoms. The molecule has 0 radical (unpaired) electrons. The Morgan fingerprint density at radius 2 is 1.65 bits per heavy atom. The molecule has 0 heterocycles. The minimum absolute atomic E-state index is 0.160. The number of ether oxygens (including phenoxy) is 2. The number of aromatic hydroxyl groups is 1. The normalized spacial score (nSPS) is 10.9. The molecular weight excluding hydrogens is 336 g/mol. The van der Waals surface area contributed by atoms with Gasteiger partial charge in [0.25, 0.3) is 5.91 Å². The first-order valence-corrected chi connectivity index (χ1v) is 8.02. The van der Waals surface area contributed by atoms with Crippen molar-refractivity contribution in [2.75, 3.05) is 13.2 Å². The van der Waals surface area contributed by atoms with E-state index in [1.807, 2.05) is 0 Å². The first-order chi connectivity index (χ1) is 12.5. The number of esters is 1. The minimum atomic E-state index is -0.419. The summed E-state index contributed by atoms with van der Waals surface area (Å²) in [5.41, 5.74) is 4.19. The molecule has 0 spiro atoms. The standard InChI is InChI=1S/C19H20N2O5/c1-3-25-19(24)15-6-10-17(11-7-15)26-12-18(23)21-20-13(2)14-4-8-16(22)9-5-14/h4-11,22H,3,12H2,1-2H3,(H,21,23)/b20-13+. The van der Waals surface area contributed by atoms with E-state index in [1.54, 1.807) is 62.4 Å². The van der Waals surface area contributed by atoms with E-state index in [2.05, 4.69) is 10.5 Å². The Labute approximate surface area is 151 Å². The lowest BCUT2D eigenvalue weighted by molar-refractivity contribution is -0.123. The second kappa shape index (κ2) is 9.22. The third kappa shape index (κ3) is 5.62. The number of carbonyl (C=O) groups is 2. The van der Waals surface area contributed by atoms with Crippen LogP contribution in [0.5, 0.6) is 11.5 Å². The fraction of sp³-hybridized carbons (Fsp3) is 0.211. The Morgan fingerprint density at radius 1 is 1.04 bits per heavy atom. The first kappa shape index (κ1) is 19.0. The molecule has 0 aliphatic rings. The van der Waals surface area contributed by atoms with Crippen LogP contribution in [-0.4, -0.2) is 35.9 Å². The molecule has 0 aliphatic heterocycles. The molecule has 2 aromatic rings. The minimum Gasteiger partial charge on any atom is -0.508 e. The summed E-state index contributed by atoms with van der Waals surface area (Å²) < 4.78 is 10.2. The highest BCUT2D eigenvalue weighted by Gasteiger charge is 2.07. The second-order valence-electron chi connectivity index (χ2n) is 5.31. The Morgan fingerprint density at radius 3 is 2.27 bits per heavy atom. The van der Waals surface area contributed by atoms with Gasteiger partial charge in [-0.2, -0.15) is 5.10 Å². The van der Waals surface area contributed by atoms with Crippen molar-refractivity contribution >= 4 is 17.6 Å². The summed E-state index contributed by atoms with van der Waals surface area (Å²) in [5, 5.41) is 13.2. The van der Waals surface area contributed by atoms with E-state index >= 15 is 0 Å². The van der Waals surface area contributed by atoms with Gasteiger partial charge in [-0.3, -0.25) is 4.79 Å². The molecule has 2 aromatic carbocycles. The van der Waals surface area contributed by atoms with Gasteiger partial charge in [-0.05, 0) is 67.9 Å². The summed E-state index contributed by atoms with van der Waals surface area (Å²) >= 11 is 0. The first-order valence-electron chi connectivity index (χ1n) is 8.02. The van der Waals surface area contributed by atoms with E-state index in [0.717, 1.165) is 5.56 Å². The molecule has 0 atom stereocenters. The van der Waals surface area contributed by atoms with Gasteiger partial charge in [0, 0.05) is 0 Å². The van der Waals surface area contributed by atoms with Crippen molar-refractivity contribution in [3.8, 4) is 11.5 Å². The van der Waals surface area contributed by atoms with Gasteiger partial charge in [-0.25, -0.2) is 10.2 Å². The fourth-order valence-corrected chi connectivity index (χ4v) is 2.00. The zero-order valence-electron chi connectivity index (χ0n) is 14.6. The maximum atomic E-state index is 11.8. The second-order valence-corrected chi connectivity index (χ2v) is 5.31. The van der Waals surface area contributed by atoms with Gasteiger partial charge in [0.2, 0.25) is 0 Å². The molecule has 0 saturated heterocycles. The van der Waals surface area contributed by atoms with E-state index < -0.39 is 11.9 Å². The third-order valence-corrected chi connectivity index (χ3v) is 3.37.